The molecule has 1 N–H and O–H groups in total. The summed E-state index contributed by atoms with van der Waals surface area (Å²) < 4.78 is 1.30. The highest BCUT2D eigenvalue weighted by molar-refractivity contribution is 14.1. The van der Waals surface area contributed by atoms with Crippen LogP contribution < -0.4 is 5.32 Å². The van der Waals surface area contributed by atoms with Crippen LogP contribution in [-0.4, -0.2) is 16.5 Å². The van der Waals surface area contributed by atoms with E-state index in [0.29, 0.717) is 0 Å². The van der Waals surface area contributed by atoms with Gasteiger partial charge in [-0.15, -0.1) is 11.3 Å². The second-order valence-electron chi connectivity index (χ2n) is 3.35. The van der Waals surface area contributed by atoms with Crippen molar-refractivity contribution < 1.29 is 0 Å². The highest BCUT2D eigenvalue weighted by Crippen LogP contribution is 2.26. The Labute approximate surface area is 112 Å². The van der Waals surface area contributed by atoms with Crippen LogP contribution in [0.3, 0.4) is 0 Å². The molecule has 16 heavy (non-hydrogen) atoms. The highest BCUT2D eigenvalue weighted by atomic mass is 127. The summed E-state index contributed by atoms with van der Waals surface area (Å²) in [6.07, 6.45) is 5.29. The van der Waals surface area contributed by atoms with Crippen molar-refractivity contribution >= 4 is 33.9 Å². The number of hydrogen-bond acceptors (Lipinski definition) is 4. The SMILES string of the molecule is CCNC(c1cncnc1)c1csc(I)c1. The molecule has 1 unspecified atom stereocenters. The van der Waals surface area contributed by atoms with E-state index >= 15 is 0 Å². The van der Waals surface area contributed by atoms with E-state index in [9.17, 15) is 0 Å². The first-order valence-electron chi connectivity index (χ1n) is 5.03. The zero-order valence-corrected chi connectivity index (χ0v) is 11.8. The average molecular weight is 345 g/mol. The number of thiophene rings is 1. The van der Waals surface area contributed by atoms with Crippen LogP contribution in [0.15, 0.2) is 30.2 Å². The van der Waals surface area contributed by atoms with E-state index in [2.05, 4.69) is 56.2 Å². The van der Waals surface area contributed by atoms with Gasteiger partial charge >= 0.3 is 0 Å². The van der Waals surface area contributed by atoms with E-state index in [1.54, 1.807) is 17.7 Å². The number of halogens is 1. The van der Waals surface area contributed by atoms with Crippen molar-refractivity contribution in [1.82, 2.24) is 15.3 Å². The summed E-state index contributed by atoms with van der Waals surface area (Å²) >= 11 is 4.10. The third kappa shape index (κ3) is 2.78. The first-order chi connectivity index (χ1) is 7.81. The first kappa shape index (κ1) is 11.9. The van der Waals surface area contributed by atoms with Crippen LogP contribution in [0.5, 0.6) is 0 Å². The van der Waals surface area contributed by atoms with Gasteiger partial charge in [-0.3, -0.25) is 0 Å². The van der Waals surface area contributed by atoms with Gasteiger partial charge in [0.25, 0.3) is 0 Å². The molecular weight excluding hydrogens is 333 g/mol. The number of aromatic nitrogens is 2. The standard InChI is InChI=1S/C11H12IN3S/c1-2-15-11(8-3-10(12)16-6-8)9-4-13-7-14-5-9/h3-7,11,15H,2H2,1H3. The van der Waals surface area contributed by atoms with E-state index < -0.39 is 0 Å². The molecule has 0 aliphatic rings. The Morgan fingerprint density at radius 3 is 2.69 bits per heavy atom. The molecule has 5 heteroatoms. The molecule has 0 fully saturated rings. The Bertz CT molecular complexity index is 444. The number of nitrogens with zero attached hydrogens (tertiary/aromatic N) is 2. The Morgan fingerprint density at radius 1 is 1.38 bits per heavy atom. The van der Waals surface area contributed by atoms with Crippen LogP contribution in [-0.2, 0) is 0 Å². The van der Waals surface area contributed by atoms with E-state index in [0.717, 1.165) is 12.1 Å². The molecule has 0 amide bonds. The van der Waals surface area contributed by atoms with Crippen LogP contribution in [0.4, 0.5) is 0 Å². The van der Waals surface area contributed by atoms with Gasteiger partial charge in [0.2, 0.25) is 0 Å². The number of rotatable bonds is 4. The lowest BCUT2D eigenvalue weighted by Gasteiger charge is -2.16. The molecule has 2 rings (SSSR count). The second-order valence-corrected chi connectivity index (χ2v) is 6.15. The minimum absolute atomic E-state index is 0.200. The maximum Gasteiger partial charge on any atom is 0.115 e. The first-order valence-corrected chi connectivity index (χ1v) is 6.99. The van der Waals surface area contributed by atoms with E-state index in [1.807, 2.05) is 12.4 Å². The molecular formula is C11H12IN3S. The Balaban J connectivity index is 2.31. The number of nitrogens with one attached hydrogen (secondary N) is 1. The average Bonchev–Trinajstić information content (AvgIpc) is 2.74. The van der Waals surface area contributed by atoms with Gasteiger partial charge in [-0.25, -0.2) is 9.97 Å². The summed E-state index contributed by atoms with van der Waals surface area (Å²) in [7, 11) is 0. The van der Waals surface area contributed by atoms with Crippen molar-refractivity contribution in [2.75, 3.05) is 6.54 Å². The van der Waals surface area contributed by atoms with Crippen LogP contribution in [0, 0.1) is 2.88 Å². The second kappa shape index (κ2) is 5.70. The van der Waals surface area contributed by atoms with Crippen molar-refractivity contribution in [3.63, 3.8) is 0 Å². The molecule has 0 saturated carbocycles. The predicted octanol–water partition coefficient (Wildman–Crippen LogP) is 2.84. The molecule has 0 aliphatic carbocycles. The fraction of sp³-hybridized carbons (Fsp3) is 0.273. The molecule has 2 aromatic rings. The molecule has 0 aliphatic heterocycles. The monoisotopic (exact) mass is 345 g/mol. The minimum Gasteiger partial charge on any atom is -0.306 e. The van der Waals surface area contributed by atoms with E-state index in [-0.39, 0.29) is 6.04 Å². The topological polar surface area (TPSA) is 37.8 Å². The zero-order valence-electron chi connectivity index (χ0n) is 8.85. The van der Waals surface area contributed by atoms with Crippen molar-refractivity contribution in [3.05, 3.63) is 44.2 Å². The third-order valence-electron chi connectivity index (χ3n) is 2.24. The van der Waals surface area contributed by atoms with E-state index in [4.69, 9.17) is 0 Å². The molecule has 84 valence electrons. The Kier molecular flexibility index (Phi) is 4.25. The minimum atomic E-state index is 0.200. The lowest BCUT2D eigenvalue weighted by atomic mass is 10.0. The van der Waals surface area contributed by atoms with Crippen molar-refractivity contribution in [2.24, 2.45) is 0 Å². The molecule has 2 heterocycles. The van der Waals surface area contributed by atoms with Crippen molar-refractivity contribution in [1.29, 1.82) is 0 Å². The molecule has 2 aromatic heterocycles. The highest BCUT2D eigenvalue weighted by Gasteiger charge is 2.14. The van der Waals surface area contributed by atoms with E-state index in [1.165, 1.54) is 8.45 Å². The normalized spacial score (nSPS) is 12.6. The summed E-state index contributed by atoms with van der Waals surface area (Å²) in [6.45, 7) is 3.03. The third-order valence-corrected chi connectivity index (χ3v) is 4.05. The summed E-state index contributed by atoms with van der Waals surface area (Å²) in [6, 6.07) is 2.40. The summed E-state index contributed by atoms with van der Waals surface area (Å²) in [5.74, 6) is 0. The lowest BCUT2D eigenvalue weighted by Crippen LogP contribution is -2.21. The Morgan fingerprint density at radius 2 is 2.12 bits per heavy atom. The maximum absolute atomic E-state index is 4.07. The van der Waals surface area contributed by atoms with Crippen LogP contribution in [0.1, 0.15) is 24.1 Å². The summed E-state index contributed by atoms with van der Waals surface area (Å²) in [5.41, 5.74) is 2.39. The van der Waals surface area contributed by atoms with Gasteiger partial charge in [-0.1, -0.05) is 6.92 Å². The smallest absolute Gasteiger partial charge is 0.115 e. The van der Waals surface area contributed by atoms with Gasteiger partial charge in [0.1, 0.15) is 6.33 Å². The largest absolute Gasteiger partial charge is 0.306 e. The molecule has 0 aromatic carbocycles. The van der Waals surface area contributed by atoms with Gasteiger partial charge in [-0.2, -0.15) is 0 Å². The summed E-state index contributed by atoms with van der Waals surface area (Å²) in [4.78, 5) is 8.14. The molecule has 0 saturated heterocycles. The molecule has 1 atom stereocenters. The molecule has 3 nitrogen and oxygen atoms in total. The van der Waals surface area contributed by atoms with Gasteiger partial charge < -0.3 is 5.32 Å². The van der Waals surface area contributed by atoms with Gasteiger partial charge in [0.05, 0.1) is 8.93 Å². The van der Waals surface area contributed by atoms with Crippen molar-refractivity contribution in [2.45, 2.75) is 13.0 Å². The molecule has 0 spiro atoms. The molecule has 0 radical (unpaired) electrons. The van der Waals surface area contributed by atoms with Gasteiger partial charge in [0.15, 0.2) is 0 Å². The zero-order chi connectivity index (χ0) is 11.4. The summed E-state index contributed by atoms with van der Waals surface area (Å²) in [5, 5.41) is 5.63. The van der Waals surface area contributed by atoms with Crippen molar-refractivity contribution in [3.8, 4) is 0 Å². The van der Waals surface area contributed by atoms with Crippen LogP contribution in [0.2, 0.25) is 0 Å². The van der Waals surface area contributed by atoms with Gasteiger partial charge in [-0.05, 0) is 46.1 Å². The lowest BCUT2D eigenvalue weighted by molar-refractivity contribution is 0.627. The predicted molar refractivity (Wildman–Crippen MR) is 74.6 cm³/mol. The fourth-order valence-electron chi connectivity index (χ4n) is 1.57. The van der Waals surface area contributed by atoms with Crippen LogP contribution in [0.25, 0.3) is 0 Å². The Hall–Kier alpha value is -0.530. The van der Waals surface area contributed by atoms with Gasteiger partial charge in [0, 0.05) is 18.0 Å². The number of hydrogen-bond donors (Lipinski definition) is 1. The molecule has 0 bridgehead atoms. The quantitative estimate of drug-likeness (QED) is 0.866. The van der Waals surface area contributed by atoms with Crippen LogP contribution >= 0.6 is 33.9 Å². The maximum atomic E-state index is 4.07. The fourth-order valence-corrected chi connectivity index (χ4v) is 2.96.